The van der Waals surface area contributed by atoms with Crippen molar-refractivity contribution in [3.05, 3.63) is 58.2 Å². The third kappa shape index (κ3) is 5.04. The number of rotatable bonds is 7. The van der Waals surface area contributed by atoms with E-state index < -0.39 is 23.9 Å². The third-order valence-electron chi connectivity index (χ3n) is 5.85. The van der Waals surface area contributed by atoms with Gasteiger partial charge in [0.1, 0.15) is 10.8 Å². The van der Waals surface area contributed by atoms with Gasteiger partial charge in [-0.25, -0.2) is 14.6 Å². The summed E-state index contributed by atoms with van der Waals surface area (Å²) in [5.74, 6) is -0.828. The van der Waals surface area contributed by atoms with Crippen molar-refractivity contribution in [2.24, 2.45) is 0 Å². The summed E-state index contributed by atoms with van der Waals surface area (Å²) in [6.45, 7) is 1.77. The standard InChI is InChI=1S/C25H27N3O5S/c1-3-18(33-24(30)16-11-9-15(10-12-16)21-26-13-14-27-21)22(29)28-23-20(25(31)32-2)17-7-5-4-6-8-19(17)34-23/h9-14,18H,3-8H2,1-2H3,(H,26,27)(H,28,29). The Bertz CT molecular complexity index is 1170. The number of hydrogen-bond acceptors (Lipinski definition) is 7. The Morgan fingerprint density at radius 1 is 1.12 bits per heavy atom. The first-order valence-electron chi connectivity index (χ1n) is 11.4. The van der Waals surface area contributed by atoms with Gasteiger partial charge in [-0.1, -0.05) is 25.5 Å². The Morgan fingerprint density at radius 3 is 2.56 bits per heavy atom. The molecule has 1 aliphatic carbocycles. The van der Waals surface area contributed by atoms with Gasteiger partial charge < -0.3 is 19.8 Å². The zero-order valence-corrected chi connectivity index (χ0v) is 20.0. The summed E-state index contributed by atoms with van der Waals surface area (Å²) in [6.07, 6.45) is 7.49. The number of esters is 2. The topological polar surface area (TPSA) is 110 Å². The molecule has 2 aromatic heterocycles. The fourth-order valence-corrected chi connectivity index (χ4v) is 5.33. The van der Waals surface area contributed by atoms with Gasteiger partial charge in [-0.05, 0) is 49.8 Å². The van der Waals surface area contributed by atoms with E-state index in [1.807, 2.05) is 0 Å². The van der Waals surface area contributed by atoms with Crippen LogP contribution in [0.25, 0.3) is 11.4 Å². The molecule has 0 bridgehead atoms. The number of anilines is 1. The lowest BCUT2D eigenvalue weighted by Gasteiger charge is -2.16. The van der Waals surface area contributed by atoms with Crippen molar-refractivity contribution in [1.82, 2.24) is 9.97 Å². The molecule has 1 amide bonds. The second kappa shape index (κ2) is 10.6. The fourth-order valence-electron chi connectivity index (χ4n) is 4.05. The van der Waals surface area contributed by atoms with Crippen LogP contribution < -0.4 is 5.32 Å². The maximum atomic E-state index is 13.0. The van der Waals surface area contributed by atoms with E-state index in [4.69, 9.17) is 9.47 Å². The Kier molecular flexibility index (Phi) is 7.42. The van der Waals surface area contributed by atoms with E-state index in [1.165, 1.54) is 18.4 Å². The minimum atomic E-state index is -0.996. The van der Waals surface area contributed by atoms with Crippen LogP contribution in [0.3, 0.4) is 0 Å². The van der Waals surface area contributed by atoms with Crippen LogP contribution in [0.1, 0.15) is 63.8 Å². The Morgan fingerprint density at radius 2 is 1.88 bits per heavy atom. The lowest BCUT2D eigenvalue weighted by atomic mass is 10.1. The van der Waals surface area contributed by atoms with Gasteiger partial charge in [-0.2, -0.15) is 0 Å². The molecule has 9 heteroatoms. The number of benzene rings is 1. The van der Waals surface area contributed by atoms with Crippen LogP contribution >= 0.6 is 11.3 Å². The van der Waals surface area contributed by atoms with Crippen molar-refractivity contribution in [3.63, 3.8) is 0 Å². The number of H-pyrrole nitrogens is 1. The molecule has 1 unspecified atom stereocenters. The molecule has 0 saturated heterocycles. The summed E-state index contributed by atoms with van der Waals surface area (Å²) in [5, 5.41) is 3.29. The minimum absolute atomic E-state index is 0.292. The number of aryl methyl sites for hydroxylation is 1. The third-order valence-corrected chi connectivity index (χ3v) is 7.06. The van der Waals surface area contributed by atoms with Gasteiger partial charge in [0.2, 0.25) is 0 Å². The molecule has 0 aliphatic heterocycles. The normalized spacial score (nSPS) is 13.9. The summed E-state index contributed by atoms with van der Waals surface area (Å²) < 4.78 is 10.5. The molecule has 34 heavy (non-hydrogen) atoms. The number of aromatic amines is 1. The van der Waals surface area contributed by atoms with Crippen molar-refractivity contribution in [1.29, 1.82) is 0 Å². The quantitative estimate of drug-likeness (QED) is 0.372. The molecule has 0 radical (unpaired) electrons. The van der Waals surface area contributed by atoms with Crippen molar-refractivity contribution in [2.75, 3.05) is 12.4 Å². The molecule has 1 aliphatic rings. The van der Waals surface area contributed by atoms with Crippen LogP contribution in [0.15, 0.2) is 36.7 Å². The molecular formula is C25H27N3O5S. The molecule has 1 atom stereocenters. The molecule has 178 valence electrons. The summed E-state index contributed by atoms with van der Waals surface area (Å²) in [7, 11) is 1.34. The Hall–Kier alpha value is -3.46. The van der Waals surface area contributed by atoms with E-state index >= 15 is 0 Å². The molecule has 2 heterocycles. The summed E-state index contributed by atoms with van der Waals surface area (Å²) in [4.78, 5) is 46.5. The van der Waals surface area contributed by atoms with Crippen molar-refractivity contribution in [2.45, 2.75) is 51.6 Å². The number of ether oxygens (including phenoxy) is 2. The number of carbonyl (C=O) groups is 3. The highest BCUT2D eigenvalue weighted by Crippen LogP contribution is 2.38. The average molecular weight is 482 g/mol. The molecule has 1 aromatic carbocycles. The average Bonchev–Trinajstić information content (AvgIpc) is 3.45. The van der Waals surface area contributed by atoms with Crippen LogP contribution in [0.4, 0.5) is 5.00 Å². The van der Waals surface area contributed by atoms with Gasteiger partial charge in [-0.3, -0.25) is 4.79 Å². The lowest BCUT2D eigenvalue weighted by molar-refractivity contribution is -0.124. The summed E-state index contributed by atoms with van der Waals surface area (Å²) in [6, 6.07) is 6.79. The highest BCUT2D eigenvalue weighted by atomic mass is 32.1. The first-order chi connectivity index (χ1) is 16.5. The van der Waals surface area contributed by atoms with E-state index in [-0.39, 0.29) is 0 Å². The number of hydrogen-bond donors (Lipinski definition) is 2. The number of methoxy groups -OCH3 is 1. The number of amides is 1. The molecule has 4 rings (SSSR count). The van der Waals surface area contributed by atoms with E-state index in [2.05, 4.69) is 15.3 Å². The van der Waals surface area contributed by atoms with Crippen molar-refractivity contribution in [3.8, 4) is 11.4 Å². The molecular weight excluding hydrogens is 454 g/mol. The number of thiophene rings is 1. The number of carbonyl (C=O) groups excluding carboxylic acids is 3. The van der Waals surface area contributed by atoms with Crippen LogP contribution in [-0.2, 0) is 27.1 Å². The highest BCUT2D eigenvalue weighted by Gasteiger charge is 2.29. The SMILES string of the molecule is CCC(OC(=O)c1ccc(-c2ncc[nH]2)cc1)C(=O)Nc1sc2c(c1C(=O)OC)CCCCC2. The molecule has 3 aromatic rings. The van der Waals surface area contributed by atoms with Gasteiger partial charge in [0.15, 0.2) is 6.10 Å². The maximum absolute atomic E-state index is 13.0. The van der Waals surface area contributed by atoms with Gasteiger partial charge in [-0.15, -0.1) is 11.3 Å². The van der Waals surface area contributed by atoms with Crippen LogP contribution in [0.5, 0.6) is 0 Å². The molecule has 0 fully saturated rings. The van der Waals surface area contributed by atoms with E-state index in [9.17, 15) is 14.4 Å². The first-order valence-corrected chi connectivity index (χ1v) is 12.2. The monoisotopic (exact) mass is 481 g/mol. The fraction of sp³-hybridized carbons (Fsp3) is 0.360. The summed E-state index contributed by atoms with van der Waals surface area (Å²) >= 11 is 1.41. The zero-order valence-electron chi connectivity index (χ0n) is 19.2. The van der Waals surface area contributed by atoms with E-state index in [0.29, 0.717) is 28.4 Å². The van der Waals surface area contributed by atoms with Crippen molar-refractivity contribution >= 4 is 34.2 Å². The summed E-state index contributed by atoms with van der Waals surface area (Å²) in [5.41, 5.74) is 2.55. The first kappa shape index (κ1) is 23.7. The van der Waals surface area contributed by atoms with Gasteiger partial charge in [0, 0.05) is 22.8 Å². The predicted octanol–water partition coefficient (Wildman–Crippen LogP) is 4.77. The second-order valence-electron chi connectivity index (χ2n) is 8.07. The zero-order chi connectivity index (χ0) is 24.1. The molecule has 0 saturated carbocycles. The Balaban J connectivity index is 1.48. The molecule has 2 N–H and O–H groups in total. The predicted molar refractivity (Wildman–Crippen MR) is 129 cm³/mol. The van der Waals surface area contributed by atoms with Gasteiger partial charge in [0.05, 0.1) is 18.2 Å². The minimum Gasteiger partial charge on any atom is -0.465 e. The van der Waals surface area contributed by atoms with Gasteiger partial charge in [0.25, 0.3) is 5.91 Å². The number of nitrogens with one attached hydrogen (secondary N) is 2. The van der Waals surface area contributed by atoms with Gasteiger partial charge >= 0.3 is 11.9 Å². The second-order valence-corrected chi connectivity index (χ2v) is 9.17. The highest BCUT2D eigenvalue weighted by molar-refractivity contribution is 7.17. The van der Waals surface area contributed by atoms with Crippen LogP contribution in [-0.4, -0.2) is 41.0 Å². The number of imidazole rings is 1. The number of aromatic nitrogens is 2. The van der Waals surface area contributed by atoms with Crippen LogP contribution in [0, 0.1) is 0 Å². The molecule has 0 spiro atoms. The number of fused-ring (bicyclic) bond motifs is 1. The number of nitrogens with zero attached hydrogens (tertiary/aromatic N) is 1. The van der Waals surface area contributed by atoms with E-state index in [0.717, 1.165) is 48.1 Å². The maximum Gasteiger partial charge on any atom is 0.341 e. The van der Waals surface area contributed by atoms with Crippen LogP contribution in [0.2, 0.25) is 0 Å². The molecule has 8 nitrogen and oxygen atoms in total. The Labute approximate surface area is 201 Å². The smallest absolute Gasteiger partial charge is 0.341 e. The largest absolute Gasteiger partial charge is 0.465 e. The lowest BCUT2D eigenvalue weighted by Crippen LogP contribution is -2.32. The van der Waals surface area contributed by atoms with E-state index in [1.54, 1.807) is 43.6 Å². The van der Waals surface area contributed by atoms with Crippen molar-refractivity contribution < 1.29 is 23.9 Å².